The van der Waals surface area contributed by atoms with Gasteiger partial charge in [0.25, 0.3) is 0 Å². The molecule has 0 bridgehead atoms. The molecule has 1 heterocycles. The first-order valence-electron chi connectivity index (χ1n) is 5.57. The van der Waals surface area contributed by atoms with Crippen LogP contribution >= 0.6 is 11.8 Å². The quantitative estimate of drug-likeness (QED) is 0.759. The van der Waals surface area contributed by atoms with E-state index in [0.29, 0.717) is 0 Å². The smallest absolute Gasteiger partial charge is 0.0732 e. The molecule has 0 unspecified atom stereocenters. The van der Waals surface area contributed by atoms with Gasteiger partial charge in [-0.25, -0.2) is 0 Å². The average Bonchev–Trinajstić information content (AvgIpc) is 2.49. The van der Waals surface area contributed by atoms with E-state index in [9.17, 15) is 0 Å². The molecule has 2 N–H and O–H groups in total. The molecule has 4 heteroatoms. The van der Waals surface area contributed by atoms with Crippen molar-refractivity contribution in [2.45, 2.75) is 45.1 Å². The van der Waals surface area contributed by atoms with Gasteiger partial charge in [0.15, 0.2) is 0 Å². The lowest BCUT2D eigenvalue weighted by Crippen LogP contribution is -2.03. The van der Waals surface area contributed by atoms with Gasteiger partial charge in [0.2, 0.25) is 0 Å². The van der Waals surface area contributed by atoms with Crippen molar-refractivity contribution in [3.63, 3.8) is 0 Å². The number of thioether (sulfide) groups is 1. The van der Waals surface area contributed by atoms with Crippen molar-refractivity contribution >= 4 is 11.8 Å². The van der Waals surface area contributed by atoms with Crippen LogP contribution in [0.4, 0.5) is 0 Å². The van der Waals surface area contributed by atoms with Crippen LogP contribution in [0, 0.1) is 13.8 Å². The first-order chi connectivity index (χ1) is 7.20. The average molecular weight is 227 g/mol. The molecule has 3 nitrogen and oxygen atoms in total. The number of aryl methyl sites for hydroxylation is 2. The van der Waals surface area contributed by atoms with Crippen LogP contribution in [-0.4, -0.2) is 22.1 Å². The Kier molecular flexibility index (Phi) is 5.19. The first kappa shape index (κ1) is 12.6. The molecule has 1 aromatic rings. The molecule has 1 aromatic heterocycles. The van der Waals surface area contributed by atoms with E-state index in [4.69, 9.17) is 5.73 Å². The largest absolute Gasteiger partial charge is 0.330 e. The van der Waals surface area contributed by atoms with Gasteiger partial charge in [0.1, 0.15) is 0 Å². The second-order valence-electron chi connectivity index (χ2n) is 3.71. The van der Waals surface area contributed by atoms with E-state index >= 15 is 0 Å². The third-order valence-electron chi connectivity index (χ3n) is 2.40. The van der Waals surface area contributed by atoms with Crippen LogP contribution in [-0.2, 0) is 6.54 Å². The van der Waals surface area contributed by atoms with Crippen molar-refractivity contribution in [1.29, 1.82) is 0 Å². The fourth-order valence-corrected chi connectivity index (χ4v) is 2.46. The van der Waals surface area contributed by atoms with Crippen molar-refractivity contribution in [3.8, 4) is 0 Å². The summed E-state index contributed by atoms with van der Waals surface area (Å²) in [6, 6.07) is 0. The van der Waals surface area contributed by atoms with Crippen LogP contribution in [0.2, 0.25) is 0 Å². The minimum atomic E-state index is 0.726. The molecule has 0 atom stereocenters. The standard InChI is InChI=1S/C11H21N3S/c1-4-5-7-14-10(3)11(9(2)13-14)15-8-6-12/h4-8,12H2,1-3H3. The van der Waals surface area contributed by atoms with Gasteiger partial charge in [-0.3, -0.25) is 4.68 Å². The Morgan fingerprint density at radius 2 is 2.13 bits per heavy atom. The number of unbranched alkanes of at least 4 members (excludes halogenated alkanes) is 1. The zero-order valence-corrected chi connectivity index (χ0v) is 10.7. The summed E-state index contributed by atoms with van der Waals surface area (Å²) >= 11 is 1.82. The third kappa shape index (κ3) is 3.24. The second kappa shape index (κ2) is 6.18. The maximum Gasteiger partial charge on any atom is 0.0732 e. The monoisotopic (exact) mass is 227 g/mol. The molecule has 0 aliphatic carbocycles. The highest BCUT2D eigenvalue weighted by Gasteiger charge is 2.10. The third-order valence-corrected chi connectivity index (χ3v) is 3.72. The van der Waals surface area contributed by atoms with E-state index in [2.05, 4.69) is 30.6 Å². The summed E-state index contributed by atoms with van der Waals surface area (Å²) in [5.74, 6) is 0.973. The number of nitrogens with two attached hydrogens (primary N) is 1. The van der Waals surface area contributed by atoms with E-state index in [1.807, 2.05) is 11.8 Å². The lowest BCUT2D eigenvalue weighted by molar-refractivity contribution is 0.555. The maximum atomic E-state index is 5.52. The molecule has 1 rings (SSSR count). The van der Waals surface area contributed by atoms with Crippen molar-refractivity contribution < 1.29 is 0 Å². The Labute approximate surface area is 96.4 Å². The van der Waals surface area contributed by atoms with E-state index < -0.39 is 0 Å². The summed E-state index contributed by atoms with van der Waals surface area (Å²) in [5, 5.41) is 4.56. The van der Waals surface area contributed by atoms with Gasteiger partial charge < -0.3 is 5.73 Å². The lowest BCUT2D eigenvalue weighted by atomic mass is 10.3. The molecular weight excluding hydrogens is 206 g/mol. The molecule has 0 aromatic carbocycles. The number of hydrogen-bond acceptors (Lipinski definition) is 3. The summed E-state index contributed by atoms with van der Waals surface area (Å²) < 4.78 is 2.12. The maximum absolute atomic E-state index is 5.52. The highest BCUT2D eigenvalue weighted by molar-refractivity contribution is 7.99. The van der Waals surface area contributed by atoms with E-state index in [-0.39, 0.29) is 0 Å². The van der Waals surface area contributed by atoms with Crippen LogP contribution in [0.15, 0.2) is 4.90 Å². The fourth-order valence-electron chi connectivity index (χ4n) is 1.58. The first-order valence-corrected chi connectivity index (χ1v) is 6.56. The molecule has 0 saturated carbocycles. The second-order valence-corrected chi connectivity index (χ2v) is 4.82. The van der Waals surface area contributed by atoms with E-state index in [1.165, 1.54) is 23.4 Å². The van der Waals surface area contributed by atoms with Crippen molar-refractivity contribution in [1.82, 2.24) is 9.78 Å². The van der Waals surface area contributed by atoms with Crippen LogP contribution in [0.5, 0.6) is 0 Å². The SMILES string of the molecule is CCCCn1nc(C)c(SCCN)c1C. The Morgan fingerprint density at radius 1 is 1.40 bits per heavy atom. The zero-order chi connectivity index (χ0) is 11.3. The highest BCUT2D eigenvalue weighted by Crippen LogP contribution is 2.25. The number of rotatable bonds is 6. The summed E-state index contributed by atoms with van der Waals surface area (Å²) in [6.07, 6.45) is 2.41. The predicted octanol–water partition coefficient (Wildman–Crippen LogP) is 2.35. The molecule has 15 heavy (non-hydrogen) atoms. The van der Waals surface area contributed by atoms with E-state index in [1.54, 1.807) is 0 Å². The highest BCUT2D eigenvalue weighted by atomic mass is 32.2. The van der Waals surface area contributed by atoms with Crippen LogP contribution in [0.3, 0.4) is 0 Å². The van der Waals surface area contributed by atoms with Gasteiger partial charge in [-0.1, -0.05) is 13.3 Å². The van der Waals surface area contributed by atoms with Gasteiger partial charge in [-0.2, -0.15) is 5.10 Å². The summed E-state index contributed by atoms with van der Waals surface area (Å²) in [6.45, 7) is 8.19. The number of hydrogen-bond donors (Lipinski definition) is 1. The normalized spacial score (nSPS) is 10.9. The summed E-state index contributed by atoms with van der Waals surface area (Å²) in [7, 11) is 0. The van der Waals surface area contributed by atoms with Gasteiger partial charge in [-0.15, -0.1) is 11.8 Å². The van der Waals surface area contributed by atoms with Gasteiger partial charge >= 0.3 is 0 Å². The minimum absolute atomic E-state index is 0.726. The number of nitrogens with zero attached hydrogens (tertiary/aromatic N) is 2. The number of aromatic nitrogens is 2. The Balaban J connectivity index is 2.74. The van der Waals surface area contributed by atoms with E-state index in [0.717, 1.165) is 24.5 Å². The van der Waals surface area contributed by atoms with Crippen LogP contribution in [0.25, 0.3) is 0 Å². The molecule has 0 aliphatic heterocycles. The summed E-state index contributed by atoms with van der Waals surface area (Å²) in [4.78, 5) is 1.32. The topological polar surface area (TPSA) is 43.8 Å². The predicted molar refractivity (Wildman–Crippen MR) is 66.4 cm³/mol. The fraction of sp³-hybridized carbons (Fsp3) is 0.727. The van der Waals surface area contributed by atoms with Crippen LogP contribution in [0.1, 0.15) is 31.2 Å². The van der Waals surface area contributed by atoms with Gasteiger partial charge in [0, 0.05) is 24.5 Å². The Bertz CT molecular complexity index is 307. The summed E-state index contributed by atoms with van der Waals surface area (Å²) in [5.41, 5.74) is 7.95. The lowest BCUT2D eigenvalue weighted by Gasteiger charge is -2.03. The van der Waals surface area contributed by atoms with Crippen molar-refractivity contribution in [3.05, 3.63) is 11.4 Å². The zero-order valence-electron chi connectivity index (χ0n) is 9.92. The van der Waals surface area contributed by atoms with Crippen LogP contribution < -0.4 is 5.73 Å². The molecule has 86 valence electrons. The molecule has 0 aliphatic rings. The van der Waals surface area contributed by atoms with Gasteiger partial charge in [-0.05, 0) is 20.3 Å². The Morgan fingerprint density at radius 3 is 2.73 bits per heavy atom. The molecule has 0 amide bonds. The molecular formula is C11H21N3S. The Hall–Kier alpha value is -0.480. The van der Waals surface area contributed by atoms with Gasteiger partial charge in [0.05, 0.1) is 10.6 Å². The molecule has 0 radical (unpaired) electrons. The molecule has 0 saturated heterocycles. The van der Waals surface area contributed by atoms with Crippen molar-refractivity contribution in [2.75, 3.05) is 12.3 Å². The van der Waals surface area contributed by atoms with Crippen molar-refractivity contribution in [2.24, 2.45) is 5.73 Å². The minimum Gasteiger partial charge on any atom is -0.330 e. The molecule has 0 spiro atoms. The molecule has 0 fully saturated rings.